The van der Waals surface area contributed by atoms with Crippen LogP contribution in [-0.2, 0) is 14.8 Å². The van der Waals surface area contributed by atoms with Crippen molar-refractivity contribution in [2.45, 2.75) is 6.18 Å². The Bertz CT molecular complexity index is 208. The van der Waals surface area contributed by atoms with Crippen LogP contribution < -0.4 is 5.14 Å². The molecule has 0 radical (unpaired) electrons. The number of rotatable bonds is 3. The van der Waals surface area contributed by atoms with E-state index in [1.165, 1.54) is 0 Å². The Balaban J connectivity index is 3.61. The Hall–Kier alpha value is -0.340. The van der Waals surface area contributed by atoms with Crippen molar-refractivity contribution in [3.8, 4) is 0 Å². The number of alkyl halides is 3. The van der Waals surface area contributed by atoms with E-state index < -0.39 is 28.7 Å². The van der Waals surface area contributed by atoms with Crippen molar-refractivity contribution in [1.29, 1.82) is 0 Å². The summed E-state index contributed by atoms with van der Waals surface area (Å²) in [6, 6.07) is 0. The lowest BCUT2D eigenvalue weighted by Crippen LogP contribution is -2.24. The fourth-order valence-electron chi connectivity index (χ4n) is 0.274. The zero-order valence-electron chi connectivity index (χ0n) is 5.26. The second-order valence-corrected chi connectivity index (χ2v) is 3.31. The largest absolute Gasteiger partial charge is 0.411 e. The van der Waals surface area contributed by atoms with Gasteiger partial charge in [-0.25, -0.2) is 13.6 Å². The molecule has 0 aliphatic rings. The van der Waals surface area contributed by atoms with E-state index in [-0.39, 0.29) is 0 Å². The Morgan fingerprint density at radius 2 is 1.82 bits per heavy atom. The first-order valence-electron chi connectivity index (χ1n) is 2.36. The summed E-state index contributed by atoms with van der Waals surface area (Å²) in [7, 11) is -3.97. The molecule has 0 heterocycles. The molecule has 0 saturated carbocycles. The lowest BCUT2D eigenvalue weighted by Gasteiger charge is -2.05. The van der Waals surface area contributed by atoms with Crippen LogP contribution >= 0.6 is 0 Å². The van der Waals surface area contributed by atoms with Crippen LogP contribution in [0.15, 0.2) is 0 Å². The normalized spacial score (nSPS) is 13.5. The molecule has 2 N–H and O–H groups in total. The van der Waals surface area contributed by atoms with Crippen LogP contribution in [0.1, 0.15) is 0 Å². The zero-order valence-corrected chi connectivity index (χ0v) is 6.07. The van der Waals surface area contributed by atoms with Crippen molar-refractivity contribution in [3.63, 3.8) is 0 Å². The van der Waals surface area contributed by atoms with E-state index in [4.69, 9.17) is 0 Å². The third-order valence-electron chi connectivity index (χ3n) is 0.513. The number of sulfonamides is 1. The van der Waals surface area contributed by atoms with Crippen LogP contribution in [0.3, 0.4) is 0 Å². The van der Waals surface area contributed by atoms with Crippen molar-refractivity contribution in [1.82, 2.24) is 0 Å². The first-order chi connectivity index (χ1) is 4.71. The lowest BCUT2D eigenvalue weighted by atomic mass is 10.7. The van der Waals surface area contributed by atoms with Gasteiger partial charge in [0, 0.05) is 0 Å². The minimum atomic E-state index is -4.52. The molecular formula is C3H6F3NO3S. The predicted molar refractivity (Wildman–Crippen MR) is 30.0 cm³/mol. The Morgan fingerprint density at radius 3 is 2.09 bits per heavy atom. The highest BCUT2D eigenvalue weighted by Crippen LogP contribution is 2.14. The molecule has 0 amide bonds. The SMILES string of the molecule is NS(=O)(=O)COCC(F)(F)F. The smallest absolute Gasteiger partial charge is 0.355 e. The van der Waals surface area contributed by atoms with Gasteiger partial charge in [-0.15, -0.1) is 0 Å². The van der Waals surface area contributed by atoms with Crippen molar-refractivity contribution < 1.29 is 26.3 Å². The molecule has 0 aromatic carbocycles. The van der Waals surface area contributed by atoms with Gasteiger partial charge in [-0.3, -0.25) is 0 Å². The zero-order chi connectivity index (χ0) is 9.12. The molecule has 68 valence electrons. The Labute approximate surface area is 61.2 Å². The first kappa shape index (κ1) is 10.7. The summed E-state index contributed by atoms with van der Waals surface area (Å²) in [6.45, 7) is -1.61. The second-order valence-electron chi connectivity index (χ2n) is 1.74. The van der Waals surface area contributed by atoms with E-state index in [0.717, 1.165) is 0 Å². The molecule has 0 aromatic rings. The van der Waals surface area contributed by atoms with Crippen LogP contribution in [-0.4, -0.2) is 27.1 Å². The summed E-state index contributed by atoms with van der Waals surface area (Å²) in [6.07, 6.45) is -4.52. The van der Waals surface area contributed by atoms with Gasteiger partial charge in [0.05, 0.1) is 0 Å². The Kier molecular flexibility index (Phi) is 3.27. The van der Waals surface area contributed by atoms with Gasteiger partial charge in [0.15, 0.2) is 5.94 Å². The molecule has 0 aliphatic carbocycles. The van der Waals surface area contributed by atoms with Crippen LogP contribution in [0.25, 0.3) is 0 Å². The summed E-state index contributed by atoms with van der Waals surface area (Å²) < 4.78 is 57.5. The Morgan fingerprint density at radius 1 is 1.36 bits per heavy atom. The average Bonchev–Trinajstić information content (AvgIpc) is 1.55. The second kappa shape index (κ2) is 3.37. The molecule has 0 rings (SSSR count). The number of primary sulfonamides is 1. The topological polar surface area (TPSA) is 69.4 Å². The number of hydrogen-bond acceptors (Lipinski definition) is 3. The van der Waals surface area contributed by atoms with Crippen molar-refractivity contribution in [2.24, 2.45) is 5.14 Å². The molecule has 0 atom stereocenters. The van der Waals surface area contributed by atoms with E-state index in [0.29, 0.717) is 0 Å². The monoisotopic (exact) mass is 193 g/mol. The van der Waals surface area contributed by atoms with Crippen molar-refractivity contribution in [3.05, 3.63) is 0 Å². The van der Waals surface area contributed by atoms with Gasteiger partial charge in [0.1, 0.15) is 6.61 Å². The van der Waals surface area contributed by atoms with Crippen molar-refractivity contribution >= 4 is 10.0 Å². The van der Waals surface area contributed by atoms with E-state index in [1.807, 2.05) is 0 Å². The fraction of sp³-hybridized carbons (Fsp3) is 1.00. The van der Waals surface area contributed by atoms with E-state index in [1.54, 1.807) is 0 Å². The highest BCUT2D eigenvalue weighted by molar-refractivity contribution is 7.88. The molecule has 0 spiro atoms. The molecule has 0 bridgehead atoms. The molecule has 0 saturated heterocycles. The number of hydrogen-bond donors (Lipinski definition) is 1. The maximum Gasteiger partial charge on any atom is 0.411 e. The van der Waals surface area contributed by atoms with Gasteiger partial charge in [0.25, 0.3) is 0 Å². The summed E-state index contributed by atoms with van der Waals surface area (Å²) in [5.41, 5.74) is 0. The van der Waals surface area contributed by atoms with Crippen molar-refractivity contribution in [2.75, 3.05) is 12.5 Å². The van der Waals surface area contributed by atoms with Crippen LogP contribution in [0.2, 0.25) is 0 Å². The predicted octanol–water partition coefficient (Wildman–Crippen LogP) is -0.189. The van der Waals surface area contributed by atoms with E-state index in [2.05, 4.69) is 9.88 Å². The highest BCUT2D eigenvalue weighted by atomic mass is 32.2. The summed E-state index contributed by atoms with van der Waals surface area (Å²) in [5, 5.41) is 4.34. The molecule has 0 fully saturated rings. The van der Waals surface area contributed by atoms with Crippen LogP contribution in [0.4, 0.5) is 13.2 Å². The average molecular weight is 193 g/mol. The molecule has 4 nitrogen and oxygen atoms in total. The van der Waals surface area contributed by atoms with Gasteiger partial charge < -0.3 is 4.74 Å². The third kappa shape index (κ3) is 9.66. The molecule has 11 heavy (non-hydrogen) atoms. The van der Waals surface area contributed by atoms with Crippen LogP contribution in [0, 0.1) is 0 Å². The van der Waals surface area contributed by atoms with Gasteiger partial charge in [-0.05, 0) is 0 Å². The summed E-state index contributed by atoms with van der Waals surface area (Å²) in [5.74, 6) is -1.12. The molecule has 0 unspecified atom stereocenters. The van der Waals surface area contributed by atoms with Gasteiger partial charge >= 0.3 is 6.18 Å². The van der Waals surface area contributed by atoms with Crippen LogP contribution in [0.5, 0.6) is 0 Å². The van der Waals surface area contributed by atoms with Gasteiger partial charge in [-0.1, -0.05) is 0 Å². The van der Waals surface area contributed by atoms with Gasteiger partial charge in [0.2, 0.25) is 10.0 Å². The molecule has 0 aliphatic heterocycles. The highest BCUT2D eigenvalue weighted by Gasteiger charge is 2.27. The van der Waals surface area contributed by atoms with E-state index in [9.17, 15) is 21.6 Å². The quantitative estimate of drug-likeness (QED) is 0.675. The molecule has 8 heteroatoms. The first-order valence-corrected chi connectivity index (χ1v) is 4.07. The van der Waals surface area contributed by atoms with Gasteiger partial charge in [-0.2, -0.15) is 13.2 Å². The summed E-state index contributed by atoms with van der Waals surface area (Å²) in [4.78, 5) is 0. The van der Waals surface area contributed by atoms with E-state index >= 15 is 0 Å². The standard InChI is InChI=1S/C3H6F3NO3S/c4-3(5,6)1-10-2-11(7,8)9/h1-2H2,(H2,7,8,9). The summed E-state index contributed by atoms with van der Waals surface area (Å²) >= 11 is 0. The number of nitrogens with two attached hydrogens (primary N) is 1. The molecular weight excluding hydrogens is 187 g/mol. The maximum atomic E-state index is 11.3. The number of ether oxygens (including phenoxy) is 1. The minimum Gasteiger partial charge on any atom is -0.355 e. The maximum absolute atomic E-state index is 11.3. The third-order valence-corrected chi connectivity index (χ3v) is 1.01. The molecule has 0 aromatic heterocycles. The fourth-order valence-corrected chi connectivity index (χ4v) is 0.589. The number of halogens is 3. The lowest BCUT2D eigenvalue weighted by molar-refractivity contribution is -0.169. The minimum absolute atomic E-state index is 1.12.